The fourth-order valence-corrected chi connectivity index (χ4v) is 5.86. The Morgan fingerprint density at radius 2 is 1.85 bits per heavy atom. The molecular formula is C27H39ClN2O2S. The molecule has 0 unspecified atom stereocenters. The van der Waals surface area contributed by atoms with Crippen molar-refractivity contribution in [2.75, 3.05) is 31.9 Å². The normalized spacial score (nSPS) is 15.7. The van der Waals surface area contributed by atoms with E-state index in [1.807, 2.05) is 36.0 Å². The van der Waals surface area contributed by atoms with Crippen LogP contribution in [0.5, 0.6) is 11.5 Å². The highest BCUT2D eigenvalue weighted by Gasteiger charge is 2.26. The van der Waals surface area contributed by atoms with Gasteiger partial charge in [-0.15, -0.1) is 11.8 Å². The Morgan fingerprint density at radius 3 is 2.67 bits per heavy atom. The van der Waals surface area contributed by atoms with Crippen molar-refractivity contribution in [2.45, 2.75) is 69.2 Å². The molecule has 0 aromatic heterocycles. The zero-order chi connectivity index (χ0) is 23.5. The lowest BCUT2D eigenvalue weighted by atomic mass is 9.86. The number of rotatable bonds is 14. The summed E-state index contributed by atoms with van der Waals surface area (Å²) in [6.07, 6.45) is 9.05. The summed E-state index contributed by atoms with van der Waals surface area (Å²) in [4.78, 5) is 3.81. The number of phenolic OH excluding ortho intramolecular Hbond substituents is 2. The minimum absolute atomic E-state index is 0.00597. The third-order valence-corrected chi connectivity index (χ3v) is 8.01. The fraction of sp³-hybridized carbons (Fsp3) is 0.556. The molecule has 0 spiro atoms. The van der Waals surface area contributed by atoms with E-state index in [0.717, 1.165) is 66.7 Å². The molecule has 1 aliphatic rings. The molecule has 0 saturated carbocycles. The second kappa shape index (κ2) is 14.1. The maximum Gasteiger partial charge on any atom is 0.160 e. The molecule has 6 heteroatoms. The number of hydrogen-bond acceptors (Lipinski definition) is 5. The molecule has 4 nitrogen and oxygen atoms in total. The van der Waals surface area contributed by atoms with Gasteiger partial charge in [-0.05, 0) is 81.9 Å². The molecule has 33 heavy (non-hydrogen) atoms. The van der Waals surface area contributed by atoms with Crippen molar-refractivity contribution < 1.29 is 10.2 Å². The minimum atomic E-state index is 0.00597. The number of fused-ring (bicyclic) bond motifs is 1. The van der Waals surface area contributed by atoms with E-state index in [1.54, 1.807) is 6.07 Å². The maximum atomic E-state index is 10.2. The van der Waals surface area contributed by atoms with Crippen LogP contribution in [0.3, 0.4) is 0 Å². The monoisotopic (exact) mass is 490 g/mol. The van der Waals surface area contributed by atoms with Gasteiger partial charge in [0, 0.05) is 28.8 Å². The van der Waals surface area contributed by atoms with Crippen molar-refractivity contribution in [3.05, 3.63) is 52.5 Å². The molecule has 0 amide bonds. The first-order valence-electron chi connectivity index (χ1n) is 12.4. The van der Waals surface area contributed by atoms with Crippen LogP contribution in [0.1, 0.15) is 56.6 Å². The number of halogens is 1. The highest BCUT2D eigenvalue weighted by atomic mass is 35.5. The molecule has 1 aliphatic carbocycles. The van der Waals surface area contributed by atoms with Gasteiger partial charge in [0.15, 0.2) is 11.5 Å². The van der Waals surface area contributed by atoms with Crippen molar-refractivity contribution >= 4 is 23.4 Å². The predicted octanol–water partition coefficient (Wildman–Crippen LogP) is 6.26. The second-order valence-corrected chi connectivity index (χ2v) is 10.5. The van der Waals surface area contributed by atoms with Crippen LogP contribution in [0.2, 0.25) is 5.02 Å². The number of thioether (sulfide) groups is 1. The number of phenols is 2. The lowest BCUT2D eigenvalue weighted by molar-refractivity contribution is 0.175. The van der Waals surface area contributed by atoms with Gasteiger partial charge in [0.2, 0.25) is 0 Å². The lowest BCUT2D eigenvalue weighted by Gasteiger charge is -2.35. The van der Waals surface area contributed by atoms with Crippen LogP contribution < -0.4 is 5.32 Å². The Labute approximate surface area is 208 Å². The van der Waals surface area contributed by atoms with Crippen molar-refractivity contribution in [3.8, 4) is 11.5 Å². The summed E-state index contributed by atoms with van der Waals surface area (Å²) in [5, 5.41) is 24.3. The third kappa shape index (κ3) is 8.10. The van der Waals surface area contributed by atoms with E-state index >= 15 is 0 Å². The molecule has 2 aromatic carbocycles. The Balaban J connectivity index is 1.28. The summed E-state index contributed by atoms with van der Waals surface area (Å²) in [7, 11) is 0. The molecule has 0 fully saturated rings. The average Bonchev–Trinajstić information content (AvgIpc) is 2.83. The van der Waals surface area contributed by atoms with Crippen molar-refractivity contribution in [3.63, 3.8) is 0 Å². The predicted molar refractivity (Wildman–Crippen MR) is 141 cm³/mol. The Morgan fingerprint density at radius 1 is 1.03 bits per heavy atom. The van der Waals surface area contributed by atoms with Gasteiger partial charge < -0.3 is 20.4 Å². The number of unbranched alkanes of at least 4 members (excludes halogenated alkanes) is 3. The number of nitrogens with one attached hydrogen (secondary N) is 1. The van der Waals surface area contributed by atoms with E-state index in [1.165, 1.54) is 37.7 Å². The smallest absolute Gasteiger partial charge is 0.160 e. The van der Waals surface area contributed by atoms with E-state index in [2.05, 4.69) is 23.2 Å². The molecule has 0 bridgehead atoms. The SMILES string of the molecule is CCCN(CCCCCCNCCSc1ccccc1Cl)[C@H]1CCc2c(ccc(O)c2O)C1. The fourth-order valence-electron chi connectivity index (χ4n) is 4.72. The van der Waals surface area contributed by atoms with Crippen LogP contribution in [0.25, 0.3) is 0 Å². The third-order valence-electron chi connectivity index (χ3n) is 6.49. The quantitative estimate of drug-likeness (QED) is 0.166. The first kappa shape index (κ1) is 26.2. The standard InChI is InChI=1S/C27H39ClN2O2S/c1-2-17-30(22-12-13-23-21(20-22)11-14-25(31)27(23)32)18-8-4-3-7-15-29-16-19-33-26-10-6-5-9-24(26)28/h5-6,9-11,14,22,29,31-32H,2-4,7-8,12-13,15-20H2,1H3/t22-/m0/s1. The largest absolute Gasteiger partial charge is 0.504 e. The van der Waals surface area contributed by atoms with Gasteiger partial charge in [-0.3, -0.25) is 0 Å². The van der Waals surface area contributed by atoms with Crippen LogP contribution in [0.15, 0.2) is 41.3 Å². The topological polar surface area (TPSA) is 55.7 Å². The van der Waals surface area contributed by atoms with Crippen molar-refractivity contribution in [1.29, 1.82) is 0 Å². The summed E-state index contributed by atoms with van der Waals surface area (Å²) in [6, 6.07) is 12.2. The molecule has 182 valence electrons. The molecule has 1 atom stereocenters. The van der Waals surface area contributed by atoms with E-state index in [4.69, 9.17) is 11.6 Å². The summed E-state index contributed by atoms with van der Waals surface area (Å²) < 4.78 is 0. The molecule has 3 rings (SSSR count). The summed E-state index contributed by atoms with van der Waals surface area (Å²) >= 11 is 8.01. The maximum absolute atomic E-state index is 10.2. The molecule has 0 aliphatic heterocycles. The summed E-state index contributed by atoms with van der Waals surface area (Å²) in [5.41, 5.74) is 2.14. The van der Waals surface area contributed by atoms with Crippen LogP contribution in [-0.2, 0) is 12.8 Å². The van der Waals surface area contributed by atoms with Gasteiger partial charge in [-0.25, -0.2) is 0 Å². The molecule has 0 heterocycles. The molecule has 2 aromatic rings. The molecule has 0 radical (unpaired) electrons. The van der Waals surface area contributed by atoms with Crippen LogP contribution in [0, 0.1) is 0 Å². The zero-order valence-corrected chi connectivity index (χ0v) is 21.4. The first-order chi connectivity index (χ1) is 16.1. The Bertz CT molecular complexity index is 864. The van der Waals surface area contributed by atoms with Crippen LogP contribution in [0.4, 0.5) is 0 Å². The lowest BCUT2D eigenvalue weighted by Crippen LogP contribution is -2.40. The zero-order valence-electron chi connectivity index (χ0n) is 19.9. The Hall–Kier alpha value is -1.40. The minimum Gasteiger partial charge on any atom is -0.504 e. The van der Waals surface area contributed by atoms with E-state index in [9.17, 15) is 10.2 Å². The van der Waals surface area contributed by atoms with E-state index < -0.39 is 0 Å². The summed E-state index contributed by atoms with van der Waals surface area (Å²) in [6.45, 7) is 6.63. The highest BCUT2D eigenvalue weighted by Crippen LogP contribution is 2.36. The van der Waals surface area contributed by atoms with Crippen LogP contribution in [-0.4, -0.2) is 53.1 Å². The van der Waals surface area contributed by atoms with E-state index in [0.29, 0.717) is 6.04 Å². The molecule has 0 saturated heterocycles. The van der Waals surface area contributed by atoms with Crippen molar-refractivity contribution in [1.82, 2.24) is 10.2 Å². The second-order valence-electron chi connectivity index (χ2n) is 8.95. The molecule has 3 N–H and O–H groups in total. The number of benzene rings is 2. The Kier molecular flexibility index (Phi) is 11.2. The number of aromatic hydroxyl groups is 2. The van der Waals surface area contributed by atoms with Gasteiger partial charge in [0.25, 0.3) is 0 Å². The van der Waals surface area contributed by atoms with Gasteiger partial charge in [0.05, 0.1) is 5.02 Å². The number of hydrogen-bond donors (Lipinski definition) is 3. The van der Waals surface area contributed by atoms with Gasteiger partial charge in [-0.1, -0.05) is 49.6 Å². The summed E-state index contributed by atoms with van der Waals surface area (Å²) in [5.74, 6) is 1.13. The average molecular weight is 491 g/mol. The van der Waals surface area contributed by atoms with Gasteiger partial charge in [0.1, 0.15) is 0 Å². The van der Waals surface area contributed by atoms with Crippen molar-refractivity contribution in [2.24, 2.45) is 0 Å². The van der Waals surface area contributed by atoms with E-state index in [-0.39, 0.29) is 11.5 Å². The van der Waals surface area contributed by atoms with Crippen LogP contribution >= 0.6 is 23.4 Å². The first-order valence-corrected chi connectivity index (χ1v) is 13.8. The van der Waals surface area contributed by atoms with Gasteiger partial charge in [-0.2, -0.15) is 0 Å². The van der Waals surface area contributed by atoms with Gasteiger partial charge >= 0.3 is 0 Å². The highest BCUT2D eigenvalue weighted by molar-refractivity contribution is 7.99. The number of nitrogens with zero attached hydrogens (tertiary/aromatic N) is 1. The molecular weight excluding hydrogens is 452 g/mol.